The lowest BCUT2D eigenvalue weighted by Crippen LogP contribution is -2.04. The Balaban J connectivity index is 2.05. The van der Waals surface area contributed by atoms with Gasteiger partial charge in [-0.3, -0.25) is 0 Å². The first-order valence-corrected chi connectivity index (χ1v) is 9.42. The van der Waals surface area contributed by atoms with E-state index in [1.54, 1.807) is 19.1 Å². The van der Waals surface area contributed by atoms with Gasteiger partial charge in [0, 0.05) is 17.1 Å². The maximum atomic E-state index is 12.8. The molecule has 2 aromatic carbocycles. The number of carbonyl (C=O) groups is 1. The fourth-order valence-corrected chi connectivity index (χ4v) is 3.52. The number of aromatic carboxylic acids is 1. The molecule has 0 amide bonds. The van der Waals surface area contributed by atoms with Crippen LogP contribution in [0.25, 0.3) is 17.3 Å². The van der Waals surface area contributed by atoms with Gasteiger partial charge in [-0.2, -0.15) is 18.4 Å². The van der Waals surface area contributed by atoms with Crippen LogP contribution >= 0.6 is 11.6 Å². The molecular weight excluding hydrogens is 429 g/mol. The molecule has 0 saturated carbocycles. The second kappa shape index (κ2) is 8.32. The van der Waals surface area contributed by atoms with E-state index < -0.39 is 17.7 Å². The number of nitrogens with zero attached hydrogens (tertiary/aromatic N) is 2. The first kappa shape index (κ1) is 22.2. The Morgan fingerprint density at radius 2 is 1.77 bits per heavy atom. The fraction of sp³-hybridized carbons (Fsp3) is 0.130. The predicted octanol–water partition coefficient (Wildman–Crippen LogP) is 6.53. The van der Waals surface area contributed by atoms with Gasteiger partial charge in [-0.05, 0) is 67.4 Å². The molecule has 0 saturated heterocycles. The normalized spacial score (nSPS) is 12.0. The Labute approximate surface area is 181 Å². The van der Waals surface area contributed by atoms with Gasteiger partial charge in [0.05, 0.1) is 27.8 Å². The molecule has 0 radical (unpaired) electrons. The minimum absolute atomic E-state index is 0.0359. The SMILES string of the molecule is Cc1cc(/C=C(/C#N)c2ccc(C(F)(F)F)cc2)c(C)n1-c1ccc(Cl)c(C(=O)O)c1. The number of carboxylic acid groups (broad SMARTS) is 1. The van der Waals surface area contributed by atoms with E-state index in [2.05, 4.69) is 0 Å². The molecule has 1 heterocycles. The van der Waals surface area contributed by atoms with Crippen LogP contribution in [0, 0.1) is 25.2 Å². The minimum Gasteiger partial charge on any atom is -0.478 e. The molecule has 8 heteroatoms. The third-order valence-electron chi connectivity index (χ3n) is 4.85. The number of halogens is 4. The maximum absolute atomic E-state index is 12.8. The number of aromatic nitrogens is 1. The topological polar surface area (TPSA) is 66.0 Å². The quantitative estimate of drug-likeness (QED) is 0.465. The monoisotopic (exact) mass is 444 g/mol. The van der Waals surface area contributed by atoms with Crippen molar-refractivity contribution in [2.75, 3.05) is 0 Å². The van der Waals surface area contributed by atoms with Crippen molar-refractivity contribution in [2.24, 2.45) is 0 Å². The van der Waals surface area contributed by atoms with Gasteiger partial charge in [0.1, 0.15) is 0 Å². The number of carboxylic acids is 1. The Kier molecular flexibility index (Phi) is 5.96. The number of rotatable bonds is 4. The zero-order chi connectivity index (χ0) is 22.9. The van der Waals surface area contributed by atoms with Crippen LogP contribution < -0.4 is 0 Å². The Hall–Kier alpha value is -3.50. The van der Waals surface area contributed by atoms with Crippen LogP contribution in [-0.2, 0) is 6.18 Å². The van der Waals surface area contributed by atoms with Gasteiger partial charge < -0.3 is 9.67 Å². The van der Waals surface area contributed by atoms with Crippen molar-refractivity contribution < 1.29 is 23.1 Å². The molecule has 4 nitrogen and oxygen atoms in total. The summed E-state index contributed by atoms with van der Waals surface area (Å²) in [6.45, 7) is 3.62. The van der Waals surface area contributed by atoms with Crippen LogP contribution in [0.1, 0.15) is 38.4 Å². The third kappa shape index (κ3) is 4.49. The van der Waals surface area contributed by atoms with Gasteiger partial charge in [-0.15, -0.1) is 0 Å². The summed E-state index contributed by atoms with van der Waals surface area (Å²) in [5.41, 5.74) is 2.53. The predicted molar refractivity (Wildman–Crippen MR) is 112 cm³/mol. The van der Waals surface area contributed by atoms with E-state index in [-0.39, 0.29) is 16.2 Å². The zero-order valence-corrected chi connectivity index (χ0v) is 17.2. The van der Waals surface area contributed by atoms with E-state index in [9.17, 15) is 28.3 Å². The van der Waals surface area contributed by atoms with E-state index in [1.165, 1.54) is 24.3 Å². The largest absolute Gasteiger partial charge is 0.478 e. The summed E-state index contributed by atoms with van der Waals surface area (Å²) in [7, 11) is 0. The Morgan fingerprint density at radius 1 is 1.13 bits per heavy atom. The molecule has 1 N–H and O–H groups in total. The van der Waals surface area contributed by atoms with E-state index in [0.29, 0.717) is 16.8 Å². The number of allylic oxidation sites excluding steroid dienone is 1. The van der Waals surface area contributed by atoms with Gasteiger partial charge in [-0.25, -0.2) is 4.79 Å². The number of nitriles is 1. The second-order valence-electron chi connectivity index (χ2n) is 6.88. The smallest absolute Gasteiger partial charge is 0.416 e. The van der Waals surface area contributed by atoms with E-state index >= 15 is 0 Å². The van der Waals surface area contributed by atoms with E-state index in [1.807, 2.05) is 23.6 Å². The Morgan fingerprint density at radius 3 is 2.32 bits per heavy atom. The molecule has 0 spiro atoms. The average Bonchev–Trinajstić information content (AvgIpc) is 2.99. The Bertz CT molecular complexity index is 1230. The summed E-state index contributed by atoms with van der Waals surface area (Å²) in [6.07, 6.45) is -2.86. The van der Waals surface area contributed by atoms with Crippen LogP contribution in [0.5, 0.6) is 0 Å². The molecule has 158 valence electrons. The highest BCUT2D eigenvalue weighted by Gasteiger charge is 2.30. The van der Waals surface area contributed by atoms with Gasteiger partial charge >= 0.3 is 12.1 Å². The van der Waals surface area contributed by atoms with Gasteiger partial charge in [0.15, 0.2) is 0 Å². The van der Waals surface area contributed by atoms with Crippen LogP contribution in [0.15, 0.2) is 48.5 Å². The minimum atomic E-state index is -4.45. The highest BCUT2D eigenvalue weighted by Crippen LogP contribution is 2.31. The van der Waals surface area contributed by atoms with Crippen molar-refractivity contribution in [3.63, 3.8) is 0 Å². The lowest BCUT2D eigenvalue weighted by atomic mass is 10.0. The summed E-state index contributed by atoms with van der Waals surface area (Å²) in [5.74, 6) is -1.15. The van der Waals surface area contributed by atoms with Gasteiger partial charge in [0.2, 0.25) is 0 Å². The van der Waals surface area contributed by atoms with Crippen molar-refractivity contribution in [3.05, 3.63) is 87.2 Å². The van der Waals surface area contributed by atoms with Gasteiger partial charge in [-0.1, -0.05) is 23.7 Å². The van der Waals surface area contributed by atoms with E-state index in [0.717, 1.165) is 23.5 Å². The van der Waals surface area contributed by atoms with E-state index in [4.69, 9.17) is 11.6 Å². The van der Waals surface area contributed by atoms with Crippen molar-refractivity contribution in [2.45, 2.75) is 20.0 Å². The molecule has 0 aliphatic heterocycles. The van der Waals surface area contributed by atoms with Crippen LogP contribution in [0.2, 0.25) is 5.02 Å². The second-order valence-corrected chi connectivity index (χ2v) is 7.28. The standard InChI is InChI=1S/C23H16ClF3N2O2/c1-13-9-16(10-17(12-28)15-3-5-18(6-4-15)23(25,26)27)14(2)29(13)19-7-8-21(24)20(11-19)22(30)31/h3-11H,1-2H3,(H,30,31)/b17-10-. The van der Waals surface area contributed by atoms with Gasteiger partial charge in [0.25, 0.3) is 0 Å². The lowest BCUT2D eigenvalue weighted by Gasteiger charge is -2.11. The highest BCUT2D eigenvalue weighted by molar-refractivity contribution is 6.33. The first-order chi connectivity index (χ1) is 14.5. The maximum Gasteiger partial charge on any atom is 0.416 e. The average molecular weight is 445 g/mol. The molecule has 0 bridgehead atoms. The number of benzene rings is 2. The zero-order valence-electron chi connectivity index (χ0n) is 16.5. The molecule has 0 unspecified atom stereocenters. The number of hydrogen-bond donors (Lipinski definition) is 1. The lowest BCUT2D eigenvalue weighted by molar-refractivity contribution is -0.137. The number of alkyl halides is 3. The first-order valence-electron chi connectivity index (χ1n) is 9.04. The van der Waals surface area contributed by atoms with Crippen molar-refractivity contribution in [1.29, 1.82) is 5.26 Å². The number of hydrogen-bond acceptors (Lipinski definition) is 2. The third-order valence-corrected chi connectivity index (χ3v) is 5.18. The van der Waals surface area contributed by atoms with Crippen LogP contribution in [0.4, 0.5) is 13.2 Å². The summed E-state index contributed by atoms with van der Waals surface area (Å²) < 4.78 is 40.2. The molecule has 0 aliphatic carbocycles. The molecule has 3 rings (SSSR count). The molecule has 0 fully saturated rings. The van der Waals surface area contributed by atoms with Crippen LogP contribution in [0.3, 0.4) is 0 Å². The highest BCUT2D eigenvalue weighted by atomic mass is 35.5. The summed E-state index contributed by atoms with van der Waals surface area (Å²) in [4.78, 5) is 11.4. The van der Waals surface area contributed by atoms with Crippen LogP contribution in [-0.4, -0.2) is 15.6 Å². The van der Waals surface area contributed by atoms with Crippen molar-refractivity contribution in [1.82, 2.24) is 4.57 Å². The fourth-order valence-electron chi connectivity index (χ4n) is 3.32. The molecule has 1 aromatic heterocycles. The van der Waals surface area contributed by atoms with Crippen molar-refractivity contribution in [3.8, 4) is 11.8 Å². The van der Waals surface area contributed by atoms with Crippen molar-refractivity contribution >= 4 is 29.2 Å². The molecule has 0 aliphatic rings. The molecule has 31 heavy (non-hydrogen) atoms. The molecular formula is C23H16ClF3N2O2. The summed E-state index contributed by atoms with van der Waals surface area (Å²) >= 11 is 5.95. The molecule has 3 aromatic rings. The summed E-state index contributed by atoms with van der Waals surface area (Å²) in [6, 6.07) is 12.9. The molecule has 0 atom stereocenters. The summed E-state index contributed by atoms with van der Waals surface area (Å²) in [5, 5.41) is 19.0. The number of aryl methyl sites for hydroxylation is 1.